The first-order valence-electron chi connectivity index (χ1n) is 6.67. The van der Waals surface area contributed by atoms with Crippen molar-refractivity contribution in [2.75, 3.05) is 0 Å². The second-order valence-corrected chi connectivity index (χ2v) is 4.94. The number of fused-ring (bicyclic) bond motifs is 1. The zero-order valence-electron chi connectivity index (χ0n) is 13.1. The Morgan fingerprint density at radius 2 is 1.79 bits per heavy atom. The zero-order valence-corrected chi connectivity index (χ0v) is 14.4. The average Bonchev–Trinajstić information content (AvgIpc) is 2.88. The average molecular weight is 367 g/mol. The smallest absolute Gasteiger partial charge is 0.364 e. The molecule has 0 saturated heterocycles. The third kappa shape index (κ3) is 2.66. The van der Waals surface area contributed by atoms with Gasteiger partial charge in [-0.1, -0.05) is 6.07 Å². The summed E-state index contributed by atoms with van der Waals surface area (Å²) in [6.07, 6.45) is 1.46. The van der Waals surface area contributed by atoms with E-state index in [1.165, 1.54) is 42.5 Å². The van der Waals surface area contributed by atoms with Crippen molar-refractivity contribution in [3.8, 4) is 6.01 Å². The molecule has 3 heterocycles. The molecule has 124 valence electrons. The van der Waals surface area contributed by atoms with Crippen molar-refractivity contribution >= 4 is 17.1 Å². The number of hydrogen-bond acceptors (Lipinski definition) is 6. The molecule has 3 aromatic heterocycles. The summed E-state index contributed by atoms with van der Waals surface area (Å²) in [5, 5.41) is 0. The molecular formula is C14H13CrN5O4. The Bertz CT molecular complexity index is 1040. The van der Waals surface area contributed by atoms with Crippen LogP contribution in [0.5, 0.6) is 6.01 Å². The topological polar surface area (TPSA) is 101 Å². The summed E-state index contributed by atoms with van der Waals surface area (Å²) < 4.78 is 8.71. The molecule has 0 amide bonds. The molecule has 0 radical (unpaired) electrons. The van der Waals surface area contributed by atoms with E-state index in [1.54, 1.807) is 12.1 Å². The van der Waals surface area contributed by atoms with Crippen molar-refractivity contribution in [2.45, 2.75) is 0 Å². The van der Waals surface area contributed by atoms with E-state index in [-0.39, 0.29) is 40.2 Å². The second-order valence-electron chi connectivity index (χ2n) is 4.94. The first-order chi connectivity index (χ1) is 10.9. The minimum absolute atomic E-state index is 0. The standard InChI is InChI=1S/C14H13N5O4.Cr/c1-17-9-10(18(2)14(22)19(3)11(9)20)16-13(17)23-12(21)8-6-4-5-7-15-8;/h4-7H,1-3H3;. The van der Waals surface area contributed by atoms with Gasteiger partial charge in [0.1, 0.15) is 5.69 Å². The molecule has 0 unspecified atom stereocenters. The number of esters is 1. The van der Waals surface area contributed by atoms with Gasteiger partial charge in [0, 0.05) is 44.7 Å². The Morgan fingerprint density at radius 1 is 1.08 bits per heavy atom. The monoisotopic (exact) mass is 367 g/mol. The van der Waals surface area contributed by atoms with Gasteiger partial charge in [-0.15, -0.1) is 0 Å². The Balaban J connectivity index is 0.00000208. The molecule has 9 nitrogen and oxygen atoms in total. The van der Waals surface area contributed by atoms with Gasteiger partial charge in [0.15, 0.2) is 11.2 Å². The summed E-state index contributed by atoms with van der Waals surface area (Å²) in [5.41, 5.74) is -0.606. The number of carbonyl (C=O) groups excluding carboxylic acids is 1. The fourth-order valence-electron chi connectivity index (χ4n) is 2.21. The third-order valence-corrected chi connectivity index (χ3v) is 3.49. The van der Waals surface area contributed by atoms with E-state index < -0.39 is 17.2 Å². The molecule has 3 aromatic rings. The van der Waals surface area contributed by atoms with Gasteiger partial charge in [-0.05, 0) is 12.1 Å². The van der Waals surface area contributed by atoms with E-state index in [0.717, 1.165) is 4.57 Å². The molecule has 0 aromatic carbocycles. The van der Waals surface area contributed by atoms with Crippen molar-refractivity contribution in [3.63, 3.8) is 0 Å². The molecule has 0 aliphatic carbocycles. The van der Waals surface area contributed by atoms with Crippen LogP contribution in [0.15, 0.2) is 34.0 Å². The number of rotatable bonds is 2. The van der Waals surface area contributed by atoms with E-state index in [9.17, 15) is 14.4 Å². The molecule has 0 aliphatic rings. The molecule has 0 fully saturated rings. The Morgan fingerprint density at radius 3 is 2.42 bits per heavy atom. The number of nitrogens with zero attached hydrogens (tertiary/aromatic N) is 5. The maximum atomic E-state index is 12.2. The van der Waals surface area contributed by atoms with E-state index in [0.29, 0.717) is 0 Å². The first kappa shape index (κ1) is 17.7. The Kier molecular flexibility index (Phi) is 4.73. The molecule has 0 spiro atoms. The fraction of sp³-hybridized carbons (Fsp3) is 0.214. The number of imidazole rings is 1. The van der Waals surface area contributed by atoms with Gasteiger partial charge < -0.3 is 4.74 Å². The number of ether oxygens (including phenoxy) is 1. The van der Waals surface area contributed by atoms with Gasteiger partial charge in [0.2, 0.25) is 0 Å². The number of aromatic nitrogens is 5. The fourth-order valence-corrected chi connectivity index (χ4v) is 2.21. The number of pyridine rings is 1. The summed E-state index contributed by atoms with van der Waals surface area (Å²) in [6.45, 7) is 0. The molecular weight excluding hydrogens is 354 g/mol. The SMILES string of the molecule is Cn1c(=O)c2c(nc(OC(=O)c3ccccn3)n2C)n(C)c1=O.[Cr]. The van der Waals surface area contributed by atoms with Crippen molar-refractivity contribution in [1.29, 1.82) is 0 Å². The molecule has 3 rings (SSSR count). The van der Waals surface area contributed by atoms with E-state index in [2.05, 4.69) is 9.97 Å². The number of hydrogen-bond donors (Lipinski definition) is 0. The molecule has 0 atom stereocenters. The quantitative estimate of drug-likeness (QED) is 0.571. The Hall–Kier alpha value is -2.70. The van der Waals surface area contributed by atoms with Gasteiger partial charge >= 0.3 is 17.7 Å². The molecule has 10 heteroatoms. The predicted molar refractivity (Wildman–Crippen MR) is 80.4 cm³/mol. The van der Waals surface area contributed by atoms with Gasteiger partial charge in [0.25, 0.3) is 5.56 Å². The summed E-state index contributed by atoms with van der Waals surface area (Å²) in [7, 11) is 4.39. The van der Waals surface area contributed by atoms with Crippen molar-refractivity contribution < 1.29 is 26.9 Å². The van der Waals surface area contributed by atoms with Gasteiger partial charge in [-0.25, -0.2) is 14.6 Å². The maximum Gasteiger partial charge on any atom is 0.364 e. The maximum absolute atomic E-state index is 12.2. The van der Waals surface area contributed by atoms with Gasteiger partial charge in [-0.2, -0.15) is 4.98 Å². The van der Waals surface area contributed by atoms with E-state index in [4.69, 9.17) is 4.74 Å². The predicted octanol–water partition coefficient (Wildman–Crippen LogP) is -0.418. The van der Waals surface area contributed by atoms with Crippen LogP contribution in [0, 0.1) is 0 Å². The van der Waals surface area contributed by atoms with Crippen LogP contribution in [0.2, 0.25) is 0 Å². The van der Waals surface area contributed by atoms with Crippen LogP contribution in [0.25, 0.3) is 11.2 Å². The van der Waals surface area contributed by atoms with Gasteiger partial charge in [0.05, 0.1) is 0 Å². The van der Waals surface area contributed by atoms with E-state index in [1.807, 2.05) is 0 Å². The first-order valence-corrected chi connectivity index (χ1v) is 6.67. The van der Waals surface area contributed by atoms with Crippen LogP contribution in [-0.4, -0.2) is 29.6 Å². The summed E-state index contributed by atoms with van der Waals surface area (Å²) in [5.74, 6) is -0.703. The molecule has 0 bridgehead atoms. The third-order valence-electron chi connectivity index (χ3n) is 3.49. The van der Waals surface area contributed by atoms with Crippen molar-refractivity contribution in [1.82, 2.24) is 23.7 Å². The molecule has 24 heavy (non-hydrogen) atoms. The van der Waals surface area contributed by atoms with Crippen LogP contribution in [0.4, 0.5) is 0 Å². The second kappa shape index (κ2) is 6.43. The minimum atomic E-state index is -0.703. The largest absolute Gasteiger partial charge is 0.387 e. The zero-order chi connectivity index (χ0) is 16.7. The summed E-state index contributed by atoms with van der Waals surface area (Å²) >= 11 is 0. The van der Waals surface area contributed by atoms with Crippen LogP contribution in [-0.2, 0) is 38.5 Å². The van der Waals surface area contributed by atoms with E-state index >= 15 is 0 Å². The Labute approximate surface area is 146 Å². The molecule has 0 saturated carbocycles. The minimum Gasteiger partial charge on any atom is -0.387 e. The normalized spacial score (nSPS) is 10.5. The van der Waals surface area contributed by atoms with Crippen molar-refractivity contribution in [3.05, 3.63) is 50.9 Å². The summed E-state index contributed by atoms with van der Waals surface area (Å²) in [6, 6.07) is 4.73. The van der Waals surface area contributed by atoms with Crippen LogP contribution >= 0.6 is 0 Å². The van der Waals surface area contributed by atoms with Crippen LogP contribution in [0.1, 0.15) is 10.5 Å². The number of aryl methyl sites for hydroxylation is 2. The van der Waals surface area contributed by atoms with Crippen LogP contribution in [0.3, 0.4) is 0 Å². The molecule has 0 N–H and O–H groups in total. The van der Waals surface area contributed by atoms with Crippen molar-refractivity contribution in [2.24, 2.45) is 21.1 Å². The molecule has 0 aliphatic heterocycles. The number of carbonyl (C=O) groups is 1. The summed E-state index contributed by atoms with van der Waals surface area (Å²) in [4.78, 5) is 44.2. The van der Waals surface area contributed by atoms with Crippen LogP contribution < -0.4 is 16.0 Å². The van der Waals surface area contributed by atoms with Gasteiger partial charge in [-0.3, -0.25) is 18.5 Å².